The minimum absolute atomic E-state index is 0.109. The van der Waals surface area contributed by atoms with Gasteiger partial charge in [0, 0.05) is 5.02 Å². The minimum atomic E-state index is -0.814. The number of hydrogen-bond donors (Lipinski definition) is 2. The Bertz CT molecular complexity index is 648. The summed E-state index contributed by atoms with van der Waals surface area (Å²) in [6.45, 7) is -0.300. The third kappa shape index (κ3) is 4.36. The molecule has 0 atom stereocenters. The van der Waals surface area contributed by atoms with Gasteiger partial charge in [0.1, 0.15) is 11.3 Å². The van der Waals surface area contributed by atoms with E-state index in [-0.39, 0.29) is 17.9 Å². The van der Waals surface area contributed by atoms with Crippen molar-refractivity contribution >= 4 is 23.4 Å². The van der Waals surface area contributed by atoms with Crippen LogP contribution in [-0.2, 0) is 4.79 Å². The van der Waals surface area contributed by atoms with Crippen LogP contribution in [0.3, 0.4) is 0 Å². The van der Waals surface area contributed by atoms with E-state index in [1.807, 2.05) is 0 Å². The van der Waals surface area contributed by atoms with Crippen molar-refractivity contribution < 1.29 is 14.3 Å². The molecule has 1 aliphatic rings. The second-order valence-corrected chi connectivity index (χ2v) is 6.03. The molecule has 0 aliphatic heterocycles. The van der Waals surface area contributed by atoms with Crippen LogP contribution in [0.4, 0.5) is 0 Å². The van der Waals surface area contributed by atoms with Crippen LogP contribution < -0.4 is 15.8 Å². The number of primary amides is 1. The summed E-state index contributed by atoms with van der Waals surface area (Å²) < 4.78 is 5.37. The Balaban J connectivity index is 1.99. The molecule has 7 heteroatoms. The van der Waals surface area contributed by atoms with E-state index < -0.39 is 17.4 Å². The van der Waals surface area contributed by atoms with Crippen LogP contribution in [0, 0.1) is 11.3 Å². The fourth-order valence-corrected chi connectivity index (χ4v) is 2.86. The molecular formula is C16H18ClN3O3. The number of nitrogens with one attached hydrogen (secondary N) is 1. The minimum Gasteiger partial charge on any atom is -0.483 e. The van der Waals surface area contributed by atoms with Gasteiger partial charge in [-0.25, -0.2) is 0 Å². The number of nitrogens with two attached hydrogens (primary N) is 1. The first kappa shape index (κ1) is 17.1. The molecule has 2 rings (SSSR count). The molecule has 0 heterocycles. The van der Waals surface area contributed by atoms with E-state index in [9.17, 15) is 14.9 Å². The second-order valence-electron chi connectivity index (χ2n) is 5.60. The highest BCUT2D eigenvalue weighted by Gasteiger charge is 2.33. The van der Waals surface area contributed by atoms with Crippen molar-refractivity contribution in [2.45, 2.75) is 37.6 Å². The van der Waals surface area contributed by atoms with Gasteiger partial charge >= 0.3 is 0 Å². The van der Waals surface area contributed by atoms with Gasteiger partial charge < -0.3 is 15.8 Å². The third-order valence-electron chi connectivity index (χ3n) is 3.87. The molecule has 3 N–H and O–H groups in total. The van der Waals surface area contributed by atoms with Gasteiger partial charge in [-0.3, -0.25) is 9.59 Å². The average Bonchev–Trinajstić information content (AvgIpc) is 2.54. The molecule has 0 radical (unpaired) electrons. The number of nitriles is 1. The SMILES string of the molecule is N#CC1(NC(=O)COc2ccc(Cl)cc2C(N)=O)CCCCC1. The molecule has 1 aromatic carbocycles. The molecule has 0 unspecified atom stereocenters. The summed E-state index contributed by atoms with van der Waals surface area (Å²) in [5.41, 5.74) is 4.56. The van der Waals surface area contributed by atoms with E-state index in [4.69, 9.17) is 22.1 Å². The summed E-state index contributed by atoms with van der Waals surface area (Å²) in [6.07, 6.45) is 4.18. The summed E-state index contributed by atoms with van der Waals surface area (Å²) in [6, 6.07) is 6.61. The first-order valence-electron chi connectivity index (χ1n) is 7.40. The second kappa shape index (κ2) is 7.34. The predicted octanol–water partition coefficient (Wildman–Crippen LogP) is 2.16. The number of carbonyl (C=O) groups excluding carboxylic acids is 2. The Morgan fingerprint density at radius 2 is 2.04 bits per heavy atom. The number of amides is 2. The maximum Gasteiger partial charge on any atom is 0.259 e. The topological polar surface area (TPSA) is 105 Å². The van der Waals surface area contributed by atoms with Crippen molar-refractivity contribution in [1.82, 2.24) is 5.32 Å². The van der Waals surface area contributed by atoms with Crippen molar-refractivity contribution in [3.63, 3.8) is 0 Å². The van der Waals surface area contributed by atoms with Gasteiger partial charge in [-0.1, -0.05) is 30.9 Å². The molecule has 1 aliphatic carbocycles. The highest BCUT2D eigenvalue weighted by Crippen LogP contribution is 2.27. The Kier molecular flexibility index (Phi) is 5.45. The van der Waals surface area contributed by atoms with Gasteiger partial charge in [-0.05, 0) is 31.0 Å². The highest BCUT2D eigenvalue weighted by molar-refractivity contribution is 6.31. The third-order valence-corrected chi connectivity index (χ3v) is 4.10. The summed E-state index contributed by atoms with van der Waals surface area (Å²) in [5, 5.41) is 12.4. The van der Waals surface area contributed by atoms with E-state index in [0.29, 0.717) is 17.9 Å². The monoisotopic (exact) mass is 335 g/mol. The zero-order chi connectivity index (χ0) is 16.9. The van der Waals surface area contributed by atoms with E-state index in [1.54, 1.807) is 6.07 Å². The lowest BCUT2D eigenvalue weighted by Gasteiger charge is -2.31. The van der Waals surface area contributed by atoms with Gasteiger partial charge in [0.2, 0.25) is 0 Å². The molecule has 1 aromatic rings. The van der Waals surface area contributed by atoms with Gasteiger partial charge in [0.05, 0.1) is 11.6 Å². The van der Waals surface area contributed by atoms with Gasteiger partial charge in [0.25, 0.3) is 11.8 Å². The van der Waals surface area contributed by atoms with Crippen molar-refractivity contribution in [1.29, 1.82) is 5.26 Å². The molecule has 0 aromatic heterocycles. The average molecular weight is 336 g/mol. The number of rotatable bonds is 5. The maximum atomic E-state index is 12.1. The van der Waals surface area contributed by atoms with Crippen molar-refractivity contribution in [2.24, 2.45) is 5.73 Å². The highest BCUT2D eigenvalue weighted by atomic mass is 35.5. The fraction of sp³-hybridized carbons (Fsp3) is 0.438. The Morgan fingerprint density at radius 1 is 1.35 bits per heavy atom. The lowest BCUT2D eigenvalue weighted by molar-refractivity contribution is -0.124. The smallest absolute Gasteiger partial charge is 0.259 e. The molecule has 23 heavy (non-hydrogen) atoms. The number of halogens is 1. The number of nitrogens with zero attached hydrogens (tertiary/aromatic N) is 1. The number of hydrogen-bond acceptors (Lipinski definition) is 4. The first-order valence-corrected chi connectivity index (χ1v) is 7.78. The summed E-state index contributed by atoms with van der Waals surface area (Å²) in [7, 11) is 0. The van der Waals surface area contributed by atoms with Crippen molar-refractivity contribution in [3.05, 3.63) is 28.8 Å². The van der Waals surface area contributed by atoms with Crippen LogP contribution in [0.2, 0.25) is 5.02 Å². The molecule has 0 saturated heterocycles. The molecule has 122 valence electrons. The maximum absolute atomic E-state index is 12.1. The first-order chi connectivity index (χ1) is 11.0. The van der Waals surface area contributed by atoms with E-state index in [0.717, 1.165) is 19.3 Å². The zero-order valence-corrected chi connectivity index (χ0v) is 13.4. The van der Waals surface area contributed by atoms with Crippen LogP contribution in [-0.4, -0.2) is 24.0 Å². The standard InChI is InChI=1S/C16H18ClN3O3/c17-11-4-5-13(12(8-11)15(19)22)23-9-14(21)20-16(10-18)6-2-1-3-7-16/h4-5,8H,1-3,6-7,9H2,(H2,19,22)(H,20,21). The molecule has 1 saturated carbocycles. The van der Waals surface area contributed by atoms with E-state index in [1.165, 1.54) is 12.1 Å². The van der Waals surface area contributed by atoms with Gasteiger partial charge in [-0.2, -0.15) is 5.26 Å². The van der Waals surface area contributed by atoms with Gasteiger partial charge in [-0.15, -0.1) is 0 Å². The lowest BCUT2D eigenvalue weighted by Crippen LogP contribution is -2.50. The summed E-state index contributed by atoms with van der Waals surface area (Å²) >= 11 is 5.81. The van der Waals surface area contributed by atoms with Crippen molar-refractivity contribution in [3.8, 4) is 11.8 Å². The molecule has 0 spiro atoms. The van der Waals surface area contributed by atoms with Crippen LogP contribution >= 0.6 is 11.6 Å². The molecule has 2 amide bonds. The molecule has 1 fully saturated rings. The van der Waals surface area contributed by atoms with Gasteiger partial charge in [0.15, 0.2) is 6.61 Å². The Labute approximate surface area is 139 Å². The summed E-state index contributed by atoms with van der Waals surface area (Å²) in [4.78, 5) is 23.4. The number of ether oxygens (including phenoxy) is 1. The summed E-state index contributed by atoms with van der Waals surface area (Å²) in [5.74, 6) is -0.908. The van der Waals surface area contributed by atoms with Crippen LogP contribution in [0.25, 0.3) is 0 Å². The zero-order valence-electron chi connectivity index (χ0n) is 12.6. The largest absolute Gasteiger partial charge is 0.483 e. The molecule has 0 bridgehead atoms. The van der Waals surface area contributed by atoms with E-state index >= 15 is 0 Å². The Hall–Kier alpha value is -2.26. The van der Waals surface area contributed by atoms with Crippen molar-refractivity contribution in [2.75, 3.05) is 6.61 Å². The predicted molar refractivity (Wildman–Crippen MR) is 85.0 cm³/mol. The van der Waals surface area contributed by atoms with Crippen LogP contribution in [0.5, 0.6) is 5.75 Å². The van der Waals surface area contributed by atoms with E-state index in [2.05, 4.69) is 11.4 Å². The number of carbonyl (C=O) groups is 2. The number of benzene rings is 1. The Morgan fingerprint density at radius 3 is 2.65 bits per heavy atom. The van der Waals surface area contributed by atoms with Crippen LogP contribution in [0.15, 0.2) is 18.2 Å². The normalized spacial score (nSPS) is 16.2. The fourth-order valence-electron chi connectivity index (χ4n) is 2.69. The quantitative estimate of drug-likeness (QED) is 0.860. The van der Waals surface area contributed by atoms with Crippen LogP contribution in [0.1, 0.15) is 42.5 Å². The lowest BCUT2D eigenvalue weighted by atomic mass is 9.83. The molecular weight excluding hydrogens is 318 g/mol. The molecule has 6 nitrogen and oxygen atoms in total.